The average Bonchev–Trinajstić information content (AvgIpc) is 2.74. The van der Waals surface area contributed by atoms with Gasteiger partial charge in [-0.2, -0.15) is 0 Å². The van der Waals surface area contributed by atoms with Gasteiger partial charge >= 0.3 is 0 Å². The van der Waals surface area contributed by atoms with Gasteiger partial charge in [-0.05, 0) is 40.2 Å². The monoisotopic (exact) mass is 374 g/mol. The van der Waals surface area contributed by atoms with Crippen molar-refractivity contribution in [3.05, 3.63) is 49.6 Å². The second kappa shape index (κ2) is 6.22. The molecule has 2 N–H and O–H groups in total. The van der Waals surface area contributed by atoms with E-state index < -0.39 is 0 Å². The summed E-state index contributed by atoms with van der Waals surface area (Å²) in [4.78, 5) is 3.73. The van der Waals surface area contributed by atoms with E-state index in [9.17, 15) is 0 Å². The summed E-state index contributed by atoms with van der Waals surface area (Å²) in [5.41, 5.74) is 7.55. The zero-order valence-corrected chi connectivity index (χ0v) is 14.2. The molecular formula is C13H12BrClN2S2. The number of thiocarbonyl (C=S) groups is 1. The third kappa shape index (κ3) is 3.69. The summed E-state index contributed by atoms with van der Waals surface area (Å²) in [7, 11) is 2.01. The van der Waals surface area contributed by atoms with Gasteiger partial charge in [-0.15, -0.1) is 11.3 Å². The molecule has 6 heteroatoms. The number of hydrogen-bond donors (Lipinski definition) is 1. The maximum atomic E-state index is 5.99. The molecule has 0 saturated heterocycles. The van der Waals surface area contributed by atoms with Gasteiger partial charge in [0.05, 0.1) is 6.54 Å². The maximum Gasteiger partial charge on any atom is 0.106 e. The number of hydrogen-bond acceptors (Lipinski definition) is 3. The molecule has 0 unspecified atom stereocenters. The van der Waals surface area contributed by atoms with Crippen molar-refractivity contribution in [3.8, 4) is 0 Å². The third-order valence-corrected chi connectivity index (χ3v) is 4.79. The molecular weight excluding hydrogens is 364 g/mol. The van der Waals surface area contributed by atoms with Gasteiger partial charge in [0.2, 0.25) is 0 Å². The zero-order chi connectivity index (χ0) is 14.0. The molecule has 0 aliphatic rings. The van der Waals surface area contributed by atoms with Crippen LogP contribution in [-0.4, -0.2) is 12.0 Å². The predicted octanol–water partition coefficient (Wildman–Crippen LogP) is 4.43. The molecule has 100 valence electrons. The van der Waals surface area contributed by atoms with Gasteiger partial charge in [0.1, 0.15) is 4.99 Å². The van der Waals surface area contributed by atoms with Crippen LogP contribution >= 0.6 is 51.1 Å². The van der Waals surface area contributed by atoms with Gasteiger partial charge in [0.25, 0.3) is 0 Å². The van der Waals surface area contributed by atoms with Crippen molar-refractivity contribution in [2.45, 2.75) is 6.54 Å². The van der Waals surface area contributed by atoms with E-state index in [0.717, 1.165) is 22.3 Å². The third-order valence-electron chi connectivity index (χ3n) is 2.65. The van der Waals surface area contributed by atoms with Crippen molar-refractivity contribution >= 4 is 61.8 Å². The van der Waals surface area contributed by atoms with Crippen LogP contribution in [0.25, 0.3) is 0 Å². The van der Waals surface area contributed by atoms with Crippen LogP contribution in [0.4, 0.5) is 5.69 Å². The minimum atomic E-state index is 0.358. The molecule has 0 aliphatic heterocycles. The summed E-state index contributed by atoms with van der Waals surface area (Å²) in [6.45, 7) is 0.799. The molecule has 1 heterocycles. The van der Waals surface area contributed by atoms with Crippen molar-refractivity contribution in [2.24, 2.45) is 5.73 Å². The van der Waals surface area contributed by atoms with E-state index in [0.29, 0.717) is 10.0 Å². The lowest BCUT2D eigenvalue weighted by molar-refractivity contribution is 0.938. The van der Waals surface area contributed by atoms with Gasteiger partial charge in [0, 0.05) is 38.1 Å². The summed E-state index contributed by atoms with van der Waals surface area (Å²) in [6.07, 6.45) is 0. The van der Waals surface area contributed by atoms with Crippen LogP contribution in [0.3, 0.4) is 0 Å². The number of anilines is 1. The molecule has 0 spiro atoms. The largest absolute Gasteiger partial charge is 0.389 e. The molecule has 0 amide bonds. The fraction of sp³-hybridized carbons (Fsp3) is 0.154. The summed E-state index contributed by atoms with van der Waals surface area (Å²) < 4.78 is 1.10. The highest BCUT2D eigenvalue weighted by molar-refractivity contribution is 9.10. The van der Waals surface area contributed by atoms with Gasteiger partial charge in [-0.3, -0.25) is 0 Å². The lowest BCUT2D eigenvalue weighted by Crippen LogP contribution is -2.21. The molecule has 0 bridgehead atoms. The number of benzene rings is 1. The minimum Gasteiger partial charge on any atom is -0.389 e. The van der Waals surface area contributed by atoms with E-state index in [1.807, 2.05) is 19.2 Å². The molecule has 2 aromatic rings. The van der Waals surface area contributed by atoms with E-state index in [1.165, 1.54) is 4.88 Å². The molecule has 2 nitrogen and oxygen atoms in total. The van der Waals surface area contributed by atoms with E-state index in [1.54, 1.807) is 17.4 Å². The maximum absolute atomic E-state index is 5.99. The normalized spacial score (nSPS) is 10.5. The molecule has 2 rings (SSSR count). The Labute approximate surface area is 135 Å². The zero-order valence-electron chi connectivity index (χ0n) is 10.2. The minimum absolute atomic E-state index is 0.358. The van der Waals surface area contributed by atoms with Gasteiger partial charge in [-0.1, -0.05) is 23.8 Å². The lowest BCUT2D eigenvalue weighted by atomic mass is 10.1. The van der Waals surface area contributed by atoms with Crippen LogP contribution in [0.15, 0.2) is 34.1 Å². The smallest absolute Gasteiger partial charge is 0.106 e. The first kappa shape index (κ1) is 14.8. The first-order chi connectivity index (χ1) is 8.97. The van der Waals surface area contributed by atoms with E-state index in [4.69, 9.17) is 29.6 Å². The number of nitrogens with two attached hydrogens (primary N) is 1. The van der Waals surface area contributed by atoms with E-state index in [-0.39, 0.29) is 0 Å². The van der Waals surface area contributed by atoms with Crippen LogP contribution in [0, 0.1) is 0 Å². The SMILES string of the molecule is CN(Cc1cc(Br)cs1)c1ccc(Cl)cc1C(N)=S. The fourth-order valence-corrected chi connectivity index (χ4v) is 3.63. The van der Waals surface area contributed by atoms with E-state index in [2.05, 4.69) is 32.3 Å². The van der Waals surface area contributed by atoms with Crippen LogP contribution in [0.2, 0.25) is 5.02 Å². The van der Waals surface area contributed by atoms with Gasteiger partial charge in [0.15, 0.2) is 0 Å². The second-order valence-electron chi connectivity index (χ2n) is 4.11. The Balaban J connectivity index is 2.28. The van der Waals surface area contributed by atoms with E-state index >= 15 is 0 Å². The molecule has 0 atom stereocenters. The Morgan fingerprint density at radius 3 is 2.79 bits per heavy atom. The highest BCUT2D eigenvalue weighted by atomic mass is 79.9. The number of halogens is 2. The topological polar surface area (TPSA) is 29.3 Å². The number of rotatable bonds is 4. The van der Waals surface area contributed by atoms with Crippen molar-refractivity contribution in [1.29, 1.82) is 0 Å². The van der Waals surface area contributed by atoms with Gasteiger partial charge in [-0.25, -0.2) is 0 Å². The fourth-order valence-electron chi connectivity index (χ4n) is 1.79. The molecule has 19 heavy (non-hydrogen) atoms. The Morgan fingerprint density at radius 1 is 1.47 bits per heavy atom. The Kier molecular flexibility index (Phi) is 4.84. The highest BCUT2D eigenvalue weighted by Crippen LogP contribution is 2.27. The highest BCUT2D eigenvalue weighted by Gasteiger charge is 2.11. The molecule has 1 aromatic carbocycles. The second-order valence-corrected chi connectivity index (χ2v) is 6.90. The van der Waals surface area contributed by atoms with Crippen LogP contribution in [-0.2, 0) is 6.54 Å². The summed E-state index contributed by atoms with van der Waals surface area (Å²) in [5.74, 6) is 0. The van der Waals surface area contributed by atoms with Crippen molar-refractivity contribution in [1.82, 2.24) is 0 Å². The van der Waals surface area contributed by atoms with Crippen LogP contribution < -0.4 is 10.6 Å². The Hall–Kier alpha value is -0.620. The molecule has 0 radical (unpaired) electrons. The van der Waals surface area contributed by atoms with Crippen LogP contribution in [0.5, 0.6) is 0 Å². The standard InChI is InChI=1S/C13H12BrClN2S2/c1-17(6-10-4-8(14)7-19-10)12-3-2-9(15)5-11(12)13(16)18/h2-5,7H,6H2,1H3,(H2,16,18). The van der Waals surface area contributed by atoms with Crippen molar-refractivity contribution in [3.63, 3.8) is 0 Å². The van der Waals surface area contributed by atoms with Crippen molar-refractivity contribution < 1.29 is 0 Å². The predicted molar refractivity (Wildman–Crippen MR) is 91.5 cm³/mol. The first-order valence-corrected chi connectivity index (χ1v) is 7.96. The molecule has 0 fully saturated rings. The summed E-state index contributed by atoms with van der Waals surface area (Å²) >= 11 is 16.2. The van der Waals surface area contributed by atoms with Crippen LogP contribution in [0.1, 0.15) is 10.4 Å². The Morgan fingerprint density at radius 2 is 2.21 bits per heavy atom. The molecule has 0 saturated carbocycles. The van der Waals surface area contributed by atoms with Crippen molar-refractivity contribution in [2.75, 3.05) is 11.9 Å². The quantitative estimate of drug-likeness (QED) is 0.801. The lowest BCUT2D eigenvalue weighted by Gasteiger charge is -2.21. The number of nitrogens with zero attached hydrogens (tertiary/aromatic N) is 1. The molecule has 1 aromatic heterocycles. The average molecular weight is 376 g/mol. The first-order valence-electron chi connectivity index (χ1n) is 5.51. The van der Waals surface area contributed by atoms with Gasteiger partial charge < -0.3 is 10.6 Å². The molecule has 0 aliphatic carbocycles. The number of thiophene rings is 1. The summed E-state index contributed by atoms with van der Waals surface area (Å²) in [5, 5.41) is 2.71. The summed E-state index contributed by atoms with van der Waals surface area (Å²) in [6, 6.07) is 7.70. The Bertz CT molecular complexity index is 612.